The minimum Gasteiger partial charge on any atom is -0.466 e. The summed E-state index contributed by atoms with van der Waals surface area (Å²) in [5.41, 5.74) is 6.66. The third kappa shape index (κ3) is 3.32. The first-order valence-electron chi connectivity index (χ1n) is 8.23. The SMILES string of the molecule is CCOC(=O)C1CNNC1S(=O)(=O)N1CCC(c2ccccc2)C1. The second kappa shape index (κ2) is 7.18. The van der Waals surface area contributed by atoms with Gasteiger partial charge in [0.05, 0.1) is 6.61 Å². The van der Waals surface area contributed by atoms with Gasteiger partial charge in [-0.25, -0.2) is 13.8 Å². The summed E-state index contributed by atoms with van der Waals surface area (Å²) in [7, 11) is -3.63. The number of sulfonamides is 1. The molecule has 0 bridgehead atoms. The van der Waals surface area contributed by atoms with Crippen LogP contribution in [0.1, 0.15) is 24.8 Å². The van der Waals surface area contributed by atoms with E-state index in [-0.39, 0.29) is 19.1 Å². The lowest BCUT2D eigenvalue weighted by Crippen LogP contribution is -2.48. The van der Waals surface area contributed by atoms with E-state index in [9.17, 15) is 13.2 Å². The molecule has 0 aliphatic carbocycles. The van der Waals surface area contributed by atoms with Crippen LogP contribution < -0.4 is 10.9 Å². The van der Waals surface area contributed by atoms with Crippen molar-refractivity contribution in [3.8, 4) is 0 Å². The van der Waals surface area contributed by atoms with Gasteiger partial charge in [-0.15, -0.1) is 0 Å². The molecule has 3 atom stereocenters. The lowest BCUT2D eigenvalue weighted by molar-refractivity contribution is -0.147. The number of hydrazine groups is 1. The van der Waals surface area contributed by atoms with Gasteiger partial charge < -0.3 is 4.74 Å². The Labute approximate surface area is 142 Å². The van der Waals surface area contributed by atoms with Gasteiger partial charge in [-0.05, 0) is 24.8 Å². The molecule has 132 valence electrons. The molecule has 1 aromatic rings. The number of hydrogen-bond acceptors (Lipinski definition) is 6. The predicted octanol–water partition coefficient (Wildman–Crippen LogP) is 0.419. The van der Waals surface area contributed by atoms with Crippen LogP contribution >= 0.6 is 0 Å². The van der Waals surface area contributed by atoms with Crippen LogP contribution in [0.25, 0.3) is 0 Å². The number of carbonyl (C=O) groups is 1. The summed E-state index contributed by atoms with van der Waals surface area (Å²) in [6.45, 7) is 3.11. The fourth-order valence-corrected chi connectivity index (χ4v) is 5.26. The van der Waals surface area contributed by atoms with E-state index in [0.717, 1.165) is 12.0 Å². The van der Waals surface area contributed by atoms with Gasteiger partial charge in [-0.1, -0.05) is 30.3 Å². The highest BCUT2D eigenvalue weighted by atomic mass is 32.2. The van der Waals surface area contributed by atoms with E-state index in [4.69, 9.17) is 4.74 Å². The van der Waals surface area contributed by atoms with E-state index in [0.29, 0.717) is 13.1 Å². The molecule has 0 saturated carbocycles. The molecule has 2 aliphatic heterocycles. The molecule has 2 saturated heterocycles. The Balaban J connectivity index is 1.73. The van der Waals surface area contributed by atoms with Crippen LogP contribution in [0.4, 0.5) is 0 Å². The first-order chi connectivity index (χ1) is 11.5. The highest BCUT2D eigenvalue weighted by Crippen LogP contribution is 2.31. The van der Waals surface area contributed by atoms with Crippen molar-refractivity contribution >= 4 is 16.0 Å². The Bertz CT molecular complexity index is 680. The van der Waals surface area contributed by atoms with Gasteiger partial charge in [0.25, 0.3) is 0 Å². The summed E-state index contributed by atoms with van der Waals surface area (Å²) in [5, 5.41) is -0.980. The van der Waals surface area contributed by atoms with Crippen LogP contribution in [0.15, 0.2) is 30.3 Å². The number of nitrogens with one attached hydrogen (secondary N) is 2. The Morgan fingerprint density at radius 3 is 2.79 bits per heavy atom. The molecule has 2 heterocycles. The van der Waals surface area contributed by atoms with E-state index in [2.05, 4.69) is 10.9 Å². The smallest absolute Gasteiger partial charge is 0.313 e. The van der Waals surface area contributed by atoms with E-state index in [1.807, 2.05) is 30.3 Å². The van der Waals surface area contributed by atoms with Crippen molar-refractivity contribution in [2.75, 3.05) is 26.2 Å². The fraction of sp³-hybridized carbons (Fsp3) is 0.562. The average Bonchev–Trinajstić information content (AvgIpc) is 3.26. The molecular weight excluding hydrogens is 330 g/mol. The van der Waals surface area contributed by atoms with Crippen LogP contribution in [-0.2, 0) is 19.6 Å². The summed E-state index contributed by atoms with van der Waals surface area (Å²) < 4.78 is 32.4. The molecule has 1 aromatic carbocycles. The monoisotopic (exact) mass is 353 g/mol. The van der Waals surface area contributed by atoms with Gasteiger partial charge in [-0.3, -0.25) is 10.2 Å². The van der Waals surface area contributed by atoms with Gasteiger partial charge in [0.2, 0.25) is 10.0 Å². The van der Waals surface area contributed by atoms with Crippen molar-refractivity contribution in [2.24, 2.45) is 5.92 Å². The second-order valence-electron chi connectivity index (χ2n) is 6.10. The van der Waals surface area contributed by atoms with Crippen molar-refractivity contribution in [3.63, 3.8) is 0 Å². The lowest BCUT2D eigenvalue weighted by Gasteiger charge is -2.24. The van der Waals surface area contributed by atoms with Crippen LogP contribution in [0.3, 0.4) is 0 Å². The number of hydrogen-bond donors (Lipinski definition) is 2. The highest BCUT2D eigenvalue weighted by molar-refractivity contribution is 7.89. The van der Waals surface area contributed by atoms with E-state index < -0.39 is 27.3 Å². The second-order valence-corrected chi connectivity index (χ2v) is 8.16. The molecule has 0 amide bonds. The quantitative estimate of drug-likeness (QED) is 0.746. The molecule has 3 rings (SSSR count). The third-order valence-electron chi connectivity index (χ3n) is 4.62. The largest absolute Gasteiger partial charge is 0.466 e. The average molecular weight is 353 g/mol. The molecule has 2 N–H and O–H groups in total. The van der Waals surface area contributed by atoms with E-state index in [1.165, 1.54) is 4.31 Å². The van der Waals surface area contributed by atoms with E-state index >= 15 is 0 Å². The van der Waals surface area contributed by atoms with Gasteiger partial charge in [0, 0.05) is 19.6 Å². The summed E-state index contributed by atoms with van der Waals surface area (Å²) >= 11 is 0. The molecule has 2 fully saturated rings. The Morgan fingerprint density at radius 2 is 2.08 bits per heavy atom. The van der Waals surface area contributed by atoms with Gasteiger partial charge >= 0.3 is 5.97 Å². The first-order valence-corrected chi connectivity index (χ1v) is 9.73. The Kier molecular flexibility index (Phi) is 5.19. The van der Waals surface area contributed by atoms with Crippen LogP contribution in [0, 0.1) is 5.92 Å². The Morgan fingerprint density at radius 1 is 1.33 bits per heavy atom. The van der Waals surface area contributed by atoms with Gasteiger partial charge in [0.1, 0.15) is 5.92 Å². The van der Waals surface area contributed by atoms with Crippen LogP contribution in [0.5, 0.6) is 0 Å². The summed E-state index contributed by atoms with van der Waals surface area (Å²) in [6.07, 6.45) is 0.785. The van der Waals surface area contributed by atoms with Crippen molar-refractivity contribution < 1.29 is 17.9 Å². The number of esters is 1. The molecule has 0 aromatic heterocycles. The molecule has 3 unspecified atom stereocenters. The summed E-state index contributed by atoms with van der Waals surface area (Å²) in [6, 6.07) is 9.93. The molecule has 0 spiro atoms. The zero-order valence-corrected chi connectivity index (χ0v) is 14.5. The topological polar surface area (TPSA) is 87.7 Å². The summed E-state index contributed by atoms with van der Waals surface area (Å²) in [5.74, 6) is -1.02. The van der Waals surface area contributed by atoms with E-state index in [1.54, 1.807) is 6.92 Å². The molecular formula is C16H23N3O4S. The first kappa shape index (κ1) is 17.3. The highest BCUT2D eigenvalue weighted by Gasteiger charge is 2.46. The Hall–Kier alpha value is -1.48. The predicted molar refractivity (Wildman–Crippen MR) is 89.3 cm³/mol. The zero-order chi connectivity index (χ0) is 17.2. The minimum atomic E-state index is -3.63. The lowest BCUT2D eigenvalue weighted by atomic mass is 9.99. The number of nitrogens with zero attached hydrogens (tertiary/aromatic N) is 1. The van der Waals surface area contributed by atoms with Crippen molar-refractivity contribution in [1.82, 2.24) is 15.2 Å². The maximum atomic E-state index is 12.9. The minimum absolute atomic E-state index is 0.191. The van der Waals surface area contributed by atoms with Crippen molar-refractivity contribution in [2.45, 2.75) is 24.6 Å². The standard InChI is InChI=1S/C16H23N3O4S/c1-2-23-16(20)14-10-17-18-15(14)24(21,22)19-9-8-13(11-19)12-6-4-3-5-7-12/h3-7,13-15,17-18H,2,8-11H2,1H3. The maximum Gasteiger partial charge on any atom is 0.313 e. The van der Waals surface area contributed by atoms with Crippen molar-refractivity contribution in [3.05, 3.63) is 35.9 Å². The maximum absolute atomic E-state index is 12.9. The molecule has 2 aliphatic rings. The van der Waals surface area contributed by atoms with Crippen LogP contribution in [0.2, 0.25) is 0 Å². The van der Waals surface area contributed by atoms with Crippen LogP contribution in [-0.4, -0.2) is 50.3 Å². The number of rotatable bonds is 5. The van der Waals surface area contributed by atoms with Gasteiger partial charge in [-0.2, -0.15) is 4.31 Å². The normalized spacial score (nSPS) is 28.1. The molecule has 8 heteroatoms. The third-order valence-corrected chi connectivity index (χ3v) is 6.76. The summed E-state index contributed by atoms with van der Waals surface area (Å²) in [4.78, 5) is 12.0. The molecule has 24 heavy (non-hydrogen) atoms. The number of benzene rings is 1. The number of carbonyl (C=O) groups excluding carboxylic acids is 1. The molecule has 0 radical (unpaired) electrons. The fourth-order valence-electron chi connectivity index (χ4n) is 3.33. The zero-order valence-electron chi connectivity index (χ0n) is 13.6. The van der Waals surface area contributed by atoms with Crippen molar-refractivity contribution in [1.29, 1.82) is 0 Å². The van der Waals surface area contributed by atoms with Gasteiger partial charge in [0.15, 0.2) is 5.37 Å². The number of ether oxygens (including phenoxy) is 1. The molecule has 7 nitrogen and oxygen atoms in total.